The van der Waals surface area contributed by atoms with Gasteiger partial charge in [0.15, 0.2) is 5.11 Å². The largest absolute Gasteiger partial charge is 0.348 e. The van der Waals surface area contributed by atoms with E-state index in [9.17, 15) is 4.39 Å². The molecule has 0 amide bonds. The number of aryl methyl sites for hydroxylation is 2. The molecule has 138 valence electrons. The molecule has 0 saturated heterocycles. The van der Waals surface area contributed by atoms with E-state index < -0.39 is 0 Å². The lowest BCUT2D eigenvalue weighted by Crippen LogP contribution is -2.44. The third-order valence-electron chi connectivity index (χ3n) is 5.11. The Bertz CT molecular complexity index is 977. The first kappa shape index (κ1) is 17.7. The van der Waals surface area contributed by atoms with E-state index in [1.165, 1.54) is 17.7 Å². The molecule has 2 heterocycles. The van der Waals surface area contributed by atoms with Crippen LogP contribution in [0, 0.1) is 19.7 Å². The zero-order chi connectivity index (χ0) is 19.0. The minimum absolute atomic E-state index is 0.0416. The van der Waals surface area contributed by atoms with Crippen LogP contribution in [0.3, 0.4) is 0 Å². The van der Waals surface area contributed by atoms with Gasteiger partial charge in [-0.1, -0.05) is 29.8 Å². The van der Waals surface area contributed by atoms with Gasteiger partial charge in [0, 0.05) is 30.7 Å². The highest BCUT2D eigenvalue weighted by Crippen LogP contribution is 2.33. The van der Waals surface area contributed by atoms with Gasteiger partial charge < -0.3 is 14.8 Å². The molecule has 0 aliphatic carbocycles. The van der Waals surface area contributed by atoms with Crippen LogP contribution < -0.4 is 5.32 Å². The molecule has 0 fully saturated rings. The van der Waals surface area contributed by atoms with E-state index in [1.807, 2.05) is 12.1 Å². The van der Waals surface area contributed by atoms with Crippen molar-refractivity contribution in [2.45, 2.75) is 26.4 Å². The van der Waals surface area contributed by atoms with Gasteiger partial charge in [-0.2, -0.15) is 0 Å². The molecule has 0 spiro atoms. The van der Waals surface area contributed by atoms with Crippen molar-refractivity contribution in [1.82, 2.24) is 9.47 Å². The molecule has 1 aromatic heterocycles. The Kier molecular flexibility index (Phi) is 4.70. The molecule has 1 N–H and O–H groups in total. The number of fused-ring (bicyclic) bond motifs is 1. The molecule has 0 radical (unpaired) electrons. The van der Waals surface area contributed by atoms with Gasteiger partial charge >= 0.3 is 0 Å². The van der Waals surface area contributed by atoms with Crippen LogP contribution in [0.5, 0.6) is 0 Å². The summed E-state index contributed by atoms with van der Waals surface area (Å²) in [7, 11) is 0. The van der Waals surface area contributed by atoms with Crippen molar-refractivity contribution in [3.05, 3.63) is 89.0 Å². The van der Waals surface area contributed by atoms with Crippen molar-refractivity contribution in [3.8, 4) is 0 Å². The smallest absolute Gasteiger partial charge is 0.174 e. The van der Waals surface area contributed by atoms with E-state index in [2.05, 4.69) is 65.2 Å². The van der Waals surface area contributed by atoms with Crippen molar-refractivity contribution in [2.24, 2.45) is 0 Å². The first-order valence-electron chi connectivity index (χ1n) is 9.08. The molecule has 3 nitrogen and oxygen atoms in total. The molecular weight excluding hydrogens is 357 g/mol. The number of benzene rings is 2. The summed E-state index contributed by atoms with van der Waals surface area (Å²) < 4.78 is 15.7. The van der Waals surface area contributed by atoms with Crippen LogP contribution in [0.4, 0.5) is 10.1 Å². The van der Waals surface area contributed by atoms with Crippen molar-refractivity contribution in [1.29, 1.82) is 0 Å². The Morgan fingerprint density at radius 1 is 1.07 bits per heavy atom. The summed E-state index contributed by atoms with van der Waals surface area (Å²) in [4.78, 5) is 2.19. The predicted octanol–water partition coefficient (Wildman–Crippen LogP) is 5.05. The summed E-state index contributed by atoms with van der Waals surface area (Å²) in [6.07, 6.45) is 2.09. The highest BCUT2D eigenvalue weighted by Gasteiger charge is 2.30. The van der Waals surface area contributed by atoms with Gasteiger partial charge in [0.1, 0.15) is 5.82 Å². The number of hydrogen-bond acceptors (Lipinski definition) is 1. The zero-order valence-electron chi connectivity index (χ0n) is 15.4. The summed E-state index contributed by atoms with van der Waals surface area (Å²) in [5.74, 6) is -0.229. The van der Waals surface area contributed by atoms with E-state index in [4.69, 9.17) is 12.2 Å². The molecule has 0 saturated carbocycles. The van der Waals surface area contributed by atoms with Gasteiger partial charge in [-0.05, 0) is 67.5 Å². The van der Waals surface area contributed by atoms with Gasteiger partial charge in [0.2, 0.25) is 0 Å². The lowest BCUT2D eigenvalue weighted by atomic mass is 10.0. The molecule has 5 heteroatoms. The quantitative estimate of drug-likeness (QED) is 0.630. The Balaban J connectivity index is 1.67. The SMILES string of the molecule is Cc1ccc(NC(=S)N2CCn3cccc3[C@H]2c2ccc(F)cc2)c(C)c1. The number of thiocarbonyl (C=S) groups is 1. The fourth-order valence-corrected chi connectivity index (χ4v) is 4.05. The highest BCUT2D eigenvalue weighted by atomic mass is 32.1. The van der Waals surface area contributed by atoms with E-state index in [0.29, 0.717) is 5.11 Å². The number of aromatic nitrogens is 1. The molecule has 1 aliphatic rings. The summed E-state index contributed by atoms with van der Waals surface area (Å²) in [5, 5.41) is 4.10. The Labute approximate surface area is 164 Å². The second kappa shape index (κ2) is 7.16. The highest BCUT2D eigenvalue weighted by molar-refractivity contribution is 7.80. The summed E-state index contributed by atoms with van der Waals surface area (Å²) in [6, 6.07) is 17.1. The number of nitrogens with one attached hydrogen (secondary N) is 1. The van der Waals surface area contributed by atoms with E-state index >= 15 is 0 Å². The van der Waals surface area contributed by atoms with Crippen LogP contribution in [0.1, 0.15) is 28.4 Å². The second-order valence-corrected chi connectivity index (χ2v) is 7.41. The number of nitrogens with zero attached hydrogens (tertiary/aromatic N) is 2. The first-order valence-corrected chi connectivity index (χ1v) is 9.49. The van der Waals surface area contributed by atoms with Crippen molar-refractivity contribution in [3.63, 3.8) is 0 Å². The molecule has 1 atom stereocenters. The standard InChI is InChI=1S/C22H22FN3S/c1-15-5-10-19(16(2)14-15)24-22(27)26-13-12-25-11-3-4-20(25)21(26)17-6-8-18(23)9-7-17/h3-11,14,21H,12-13H2,1-2H3,(H,24,27)/t21-/m1/s1. The molecule has 4 rings (SSSR count). The zero-order valence-corrected chi connectivity index (χ0v) is 16.3. The third kappa shape index (κ3) is 3.47. The second-order valence-electron chi connectivity index (χ2n) is 7.02. The molecule has 0 unspecified atom stereocenters. The van der Waals surface area contributed by atoms with Gasteiger partial charge in [-0.25, -0.2) is 4.39 Å². The van der Waals surface area contributed by atoms with Gasteiger partial charge in [-0.15, -0.1) is 0 Å². The monoisotopic (exact) mass is 379 g/mol. The summed E-state index contributed by atoms with van der Waals surface area (Å²) >= 11 is 5.79. The number of rotatable bonds is 2. The normalized spacial score (nSPS) is 16.1. The van der Waals surface area contributed by atoms with Gasteiger partial charge in [0.25, 0.3) is 0 Å². The maximum Gasteiger partial charge on any atom is 0.174 e. The van der Waals surface area contributed by atoms with Crippen LogP contribution in [-0.2, 0) is 6.54 Å². The van der Waals surface area contributed by atoms with Gasteiger partial charge in [0.05, 0.1) is 6.04 Å². The first-order chi connectivity index (χ1) is 13.0. The van der Waals surface area contributed by atoms with Crippen LogP contribution >= 0.6 is 12.2 Å². The molecule has 2 aromatic carbocycles. The van der Waals surface area contributed by atoms with Crippen molar-refractivity contribution < 1.29 is 4.39 Å². The third-order valence-corrected chi connectivity index (χ3v) is 5.44. The van der Waals surface area contributed by atoms with E-state index in [-0.39, 0.29) is 11.9 Å². The average Bonchev–Trinajstić information content (AvgIpc) is 3.13. The molecule has 1 aliphatic heterocycles. The van der Waals surface area contributed by atoms with Crippen LogP contribution in [0.2, 0.25) is 0 Å². The Hall–Kier alpha value is -2.66. The van der Waals surface area contributed by atoms with Crippen LogP contribution in [0.25, 0.3) is 0 Å². The lowest BCUT2D eigenvalue weighted by molar-refractivity contribution is 0.293. The fraction of sp³-hybridized carbons (Fsp3) is 0.227. The van der Waals surface area contributed by atoms with E-state index in [0.717, 1.165) is 35.6 Å². The van der Waals surface area contributed by atoms with Crippen molar-refractivity contribution >= 4 is 23.0 Å². The minimum Gasteiger partial charge on any atom is -0.348 e. The topological polar surface area (TPSA) is 20.2 Å². The molecule has 27 heavy (non-hydrogen) atoms. The summed E-state index contributed by atoms with van der Waals surface area (Å²) in [5.41, 5.74) is 5.60. The lowest BCUT2D eigenvalue weighted by Gasteiger charge is -2.39. The van der Waals surface area contributed by atoms with Crippen LogP contribution in [0.15, 0.2) is 60.8 Å². The maximum atomic E-state index is 13.5. The molecule has 3 aromatic rings. The van der Waals surface area contributed by atoms with Crippen LogP contribution in [-0.4, -0.2) is 21.1 Å². The maximum absolute atomic E-state index is 13.5. The Morgan fingerprint density at radius 2 is 1.85 bits per heavy atom. The van der Waals surface area contributed by atoms with Crippen molar-refractivity contribution in [2.75, 3.05) is 11.9 Å². The molecular formula is C22H22FN3S. The molecule has 0 bridgehead atoms. The number of anilines is 1. The van der Waals surface area contributed by atoms with Gasteiger partial charge in [-0.3, -0.25) is 0 Å². The predicted molar refractivity (Wildman–Crippen MR) is 112 cm³/mol. The average molecular weight is 380 g/mol. The fourth-order valence-electron chi connectivity index (χ4n) is 3.74. The minimum atomic E-state index is -0.229. The number of hydrogen-bond donors (Lipinski definition) is 1. The van der Waals surface area contributed by atoms with E-state index in [1.54, 1.807) is 0 Å². The number of halogens is 1. The Morgan fingerprint density at radius 3 is 2.59 bits per heavy atom. The summed E-state index contributed by atoms with van der Waals surface area (Å²) in [6.45, 7) is 5.82.